The molecule has 0 bridgehead atoms. The molecule has 0 saturated heterocycles. The Morgan fingerprint density at radius 1 is 1.41 bits per heavy atom. The fourth-order valence-electron chi connectivity index (χ4n) is 1.04. The predicted octanol–water partition coefficient (Wildman–Crippen LogP) is 0.809. The second-order valence-electron chi connectivity index (χ2n) is 3.90. The maximum Gasteiger partial charge on any atom is 0.236 e. The van der Waals surface area contributed by atoms with Crippen molar-refractivity contribution < 1.29 is 4.79 Å². The van der Waals surface area contributed by atoms with Gasteiger partial charge in [-0.3, -0.25) is 4.79 Å². The normalized spacial score (nSPS) is 9.65. The highest BCUT2D eigenvalue weighted by atomic mass is 35.5. The molecule has 1 aromatic heterocycles. The van der Waals surface area contributed by atoms with E-state index in [1.807, 2.05) is 25.2 Å². The smallest absolute Gasteiger partial charge is 0.236 e. The topological polar surface area (TPSA) is 48.5 Å². The van der Waals surface area contributed by atoms with Gasteiger partial charge in [0.1, 0.15) is 0 Å². The molecule has 0 aliphatic rings. The van der Waals surface area contributed by atoms with Crippen LogP contribution in [0.15, 0.2) is 6.20 Å². The number of aromatic nitrogens is 1. The molecule has 5 nitrogen and oxygen atoms in total. The second kappa shape index (κ2) is 7.47. The van der Waals surface area contributed by atoms with Gasteiger partial charge in [0.2, 0.25) is 5.91 Å². The Morgan fingerprint density at radius 2 is 2.06 bits per heavy atom. The van der Waals surface area contributed by atoms with E-state index in [1.54, 1.807) is 30.3 Å². The van der Waals surface area contributed by atoms with E-state index in [4.69, 9.17) is 0 Å². The summed E-state index contributed by atoms with van der Waals surface area (Å²) in [5.74, 6) is 0.0809. The average Bonchev–Trinajstić information content (AvgIpc) is 2.66. The van der Waals surface area contributed by atoms with Gasteiger partial charge >= 0.3 is 0 Å². The summed E-state index contributed by atoms with van der Waals surface area (Å²) < 4.78 is 0. The molecule has 1 rings (SSSR count). The maximum atomic E-state index is 11.3. The van der Waals surface area contributed by atoms with Gasteiger partial charge in [0.15, 0.2) is 5.13 Å². The van der Waals surface area contributed by atoms with Gasteiger partial charge in [0.05, 0.1) is 6.54 Å². The van der Waals surface area contributed by atoms with Crippen LogP contribution in [0.3, 0.4) is 0 Å². The van der Waals surface area contributed by atoms with Crippen molar-refractivity contribution in [2.75, 3.05) is 39.6 Å². The van der Waals surface area contributed by atoms with Crippen LogP contribution in [0.2, 0.25) is 0 Å². The molecule has 1 heterocycles. The van der Waals surface area contributed by atoms with Crippen LogP contribution in [0.4, 0.5) is 5.13 Å². The number of likely N-dealkylation sites (N-methyl/N-ethyl adjacent to an activating group) is 1. The van der Waals surface area contributed by atoms with E-state index in [1.165, 1.54) is 0 Å². The highest BCUT2D eigenvalue weighted by molar-refractivity contribution is 7.15. The number of nitrogens with zero attached hydrogens (tertiary/aromatic N) is 3. The maximum absolute atomic E-state index is 11.3. The van der Waals surface area contributed by atoms with Gasteiger partial charge in [-0.25, -0.2) is 4.98 Å². The Hall–Kier alpha value is -0.850. The fourth-order valence-corrected chi connectivity index (χ4v) is 1.84. The van der Waals surface area contributed by atoms with Crippen LogP contribution in [0.1, 0.15) is 4.88 Å². The van der Waals surface area contributed by atoms with Crippen LogP contribution in [0.25, 0.3) is 0 Å². The number of thiazole rings is 1. The van der Waals surface area contributed by atoms with Crippen molar-refractivity contribution in [3.63, 3.8) is 0 Å². The minimum atomic E-state index is 0. The van der Waals surface area contributed by atoms with Crippen molar-refractivity contribution in [3.8, 4) is 0 Å². The van der Waals surface area contributed by atoms with Crippen molar-refractivity contribution >= 4 is 34.8 Å². The quantitative estimate of drug-likeness (QED) is 0.866. The van der Waals surface area contributed by atoms with Crippen molar-refractivity contribution in [2.45, 2.75) is 6.54 Å². The Bertz CT molecular complexity index is 354. The summed E-state index contributed by atoms with van der Waals surface area (Å²) >= 11 is 1.63. The molecule has 17 heavy (non-hydrogen) atoms. The van der Waals surface area contributed by atoms with Gasteiger partial charge in [-0.2, -0.15) is 0 Å². The lowest BCUT2D eigenvalue weighted by atomic mass is 10.5. The third-order valence-electron chi connectivity index (χ3n) is 2.00. The van der Waals surface area contributed by atoms with Crippen LogP contribution >= 0.6 is 23.7 Å². The van der Waals surface area contributed by atoms with Gasteiger partial charge in [-0.15, -0.1) is 23.7 Å². The number of nitrogens with one attached hydrogen (secondary N) is 1. The van der Waals surface area contributed by atoms with Crippen molar-refractivity contribution in [2.24, 2.45) is 0 Å². The zero-order valence-corrected chi connectivity index (χ0v) is 12.2. The SMILES string of the molecule is CN(C)C(=O)CNCc1cnc(N(C)C)s1.Cl. The first-order chi connectivity index (χ1) is 7.50. The third kappa shape index (κ3) is 5.34. The van der Waals surface area contributed by atoms with E-state index in [2.05, 4.69) is 10.3 Å². The molecule has 0 atom stereocenters. The minimum Gasteiger partial charge on any atom is -0.354 e. The highest BCUT2D eigenvalue weighted by Crippen LogP contribution is 2.19. The number of carbonyl (C=O) groups is 1. The van der Waals surface area contributed by atoms with E-state index < -0.39 is 0 Å². The molecular formula is C10H19ClN4OS. The first-order valence-electron chi connectivity index (χ1n) is 5.03. The first-order valence-corrected chi connectivity index (χ1v) is 5.85. The standard InChI is InChI=1S/C10H18N4OS.ClH/c1-13(2)9(15)7-11-5-8-6-12-10(16-8)14(3)4;/h6,11H,5,7H2,1-4H3;1H. The number of hydrogen-bond donors (Lipinski definition) is 1. The van der Waals surface area contributed by atoms with Crippen LogP contribution in [0.5, 0.6) is 0 Å². The Balaban J connectivity index is 0.00000256. The Kier molecular flexibility index (Phi) is 7.10. The van der Waals surface area contributed by atoms with Gasteiger partial charge < -0.3 is 15.1 Å². The molecule has 0 radical (unpaired) electrons. The zero-order chi connectivity index (χ0) is 12.1. The van der Waals surface area contributed by atoms with E-state index >= 15 is 0 Å². The van der Waals surface area contributed by atoms with Crippen molar-refractivity contribution in [3.05, 3.63) is 11.1 Å². The van der Waals surface area contributed by atoms with Crippen LogP contribution < -0.4 is 10.2 Å². The number of anilines is 1. The molecule has 0 unspecified atom stereocenters. The lowest BCUT2D eigenvalue weighted by Crippen LogP contribution is -2.32. The van der Waals surface area contributed by atoms with Crippen LogP contribution in [0, 0.1) is 0 Å². The number of hydrogen-bond acceptors (Lipinski definition) is 5. The average molecular weight is 279 g/mol. The summed E-state index contributed by atoms with van der Waals surface area (Å²) in [5.41, 5.74) is 0. The van der Waals surface area contributed by atoms with E-state index in [9.17, 15) is 4.79 Å². The molecule has 1 aromatic rings. The molecule has 98 valence electrons. The molecular weight excluding hydrogens is 260 g/mol. The number of rotatable bonds is 5. The zero-order valence-electron chi connectivity index (χ0n) is 10.6. The molecule has 0 aromatic carbocycles. The summed E-state index contributed by atoms with van der Waals surface area (Å²) in [4.78, 5) is 20.2. The van der Waals surface area contributed by atoms with E-state index in [-0.39, 0.29) is 18.3 Å². The van der Waals surface area contributed by atoms with Gasteiger partial charge in [-0.05, 0) is 0 Å². The van der Waals surface area contributed by atoms with E-state index in [0.717, 1.165) is 10.0 Å². The molecule has 0 aliphatic carbocycles. The largest absolute Gasteiger partial charge is 0.354 e. The lowest BCUT2D eigenvalue weighted by molar-refractivity contribution is -0.127. The van der Waals surface area contributed by atoms with Gasteiger partial charge in [0.25, 0.3) is 0 Å². The Labute approximate surface area is 112 Å². The molecule has 0 fully saturated rings. The third-order valence-corrected chi connectivity index (χ3v) is 3.16. The summed E-state index contributed by atoms with van der Waals surface area (Å²) in [6, 6.07) is 0. The molecule has 0 spiro atoms. The monoisotopic (exact) mass is 278 g/mol. The summed E-state index contributed by atoms with van der Waals surface area (Å²) in [7, 11) is 7.43. The molecule has 1 N–H and O–H groups in total. The lowest BCUT2D eigenvalue weighted by Gasteiger charge is -2.10. The van der Waals surface area contributed by atoms with Crippen LogP contribution in [-0.4, -0.2) is 50.5 Å². The minimum absolute atomic E-state index is 0. The molecule has 0 aliphatic heterocycles. The summed E-state index contributed by atoms with van der Waals surface area (Å²) in [6.45, 7) is 1.05. The predicted molar refractivity (Wildman–Crippen MR) is 74.1 cm³/mol. The molecule has 0 saturated carbocycles. The van der Waals surface area contributed by atoms with Gasteiger partial charge in [0, 0.05) is 45.8 Å². The van der Waals surface area contributed by atoms with Crippen LogP contribution in [-0.2, 0) is 11.3 Å². The summed E-state index contributed by atoms with van der Waals surface area (Å²) in [6.07, 6.45) is 1.84. The summed E-state index contributed by atoms with van der Waals surface area (Å²) in [5, 5.41) is 4.08. The fraction of sp³-hybridized carbons (Fsp3) is 0.600. The second-order valence-corrected chi connectivity index (χ2v) is 4.99. The first kappa shape index (κ1) is 16.1. The van der Waals surface area contributed by atoms with E-state index in [0.29, 0.717) is 13.1 Å². The highest BCUT2D eigenvalue weighted by Gasteiger charge is 2.05. The Morgan fingerprint density at radius 3 is 2.53 bits per heavy atom. The number of halogens is 1. The molecule has 7 heteroatoms. The molecule has 1 amide bonds. The number of amides is 1. The van der Waals surface area contributed by atoms with Crippen molar-refractivity contribution in [1.29, 1.82) is 0 Å². The number of carbonyl (C=O) groups excluding carboxylic acids is 1. The van der Waals surface area contributed by atoms with Gasteiger partial charge in [-0.1, -0.05) is 0 Å². The van der Waals surface area contributed by atoms with Crippen molar-refractivity contribution in [1.82, 2.24) is 15.2 Å².